The van der Waals surface area contributed by atoms with Gasteiger partial charge in [0.2, 0.25) is 0 Å². The van der Waals surface area contributed by atoms with Gasteiger partial charge in [0, 0.05) is 11.5 Å². The van der Waals surface area contributed by atoms with Gasteiger partial charge in [-0.15, -0.1) is 0 Å². The maximum absolute atomic E-state index is 10.5. The summed E-state index contributed by atoms with van der Waals surface area (Å²) in [7, 11) is 0. The van der Waals surface area contributed by atoms with Crippen molar-refractivity contribution in [3.63, 3.8) is 0 Å². The number of carboxylic acid groups (broad SMARTS) is 1. The molecule has 0 atom stereocenters. The molecule has 1 fully saturated rings. The van der Waals surface area contributed by atoms with Gasteiger partial charge in [-0.25, -0.2) is 0 Å². The minimum absolute atomic E-state index is 0.192. The van der Waals surface area contributed by atoms with Crippen molar-refractivity contribution in [2.45, 2.75) is 25.7 Å². The molecule has 3 nitrogen and oxygen atoms in total. The molecule has 64 valence electrons. The minimum atomic E-state index is -1.15. The van der Waals surface area contributed by atoms with E-state index in [1.165, 1.54) is 0 Å². The molecule has 0 spiro atoms. The molecular weight excluding hydrogens is 156 g/mol. The van der Waals surface area contributed by atoms with E-state index in [1.54, 1.807) is 13.0 Å². The maximum Gasteiger partial charge on any atom is 0.110 e. The zero-order valence-electron chi connectivity index (χ0n) is 6.79. The topological polar surface area (TPSA) is 53.3 Å². The fraction of sp³-hybridized carbons (Fsp3) is 0.444. The Balaban J connectivity index is 2.36. The molecule has 1 aromatic heterocycles. The summed E-state index contributed by atoms with van der Waals surface area (Å²) in [5, 5.41) is 10.5. The van der Waals surface area contributed by atoms with Crippen molar-refractivity contribution >= 4 is 5.97 Å². The number of hydrogen-bond acceptors (Lipinski definition) is 3. The van der Waals surface area contributed by atoms with E-state index < -0.39 is 5.97 Å². The van der Waals surface area contributed by atoms with Crippen LogP contribution >= 0.6 is 0 Å². The number of carbonyl (C=O) groups excluding carboxylic acids is 1. The zero-order valence-corrected chi connectivity index (χ0v) is 6.79. The van der Waals surface area contributed by atoms with E-state index in [1.807, 2.05) is 0 Å². The van der Waals surface area contributed by atoms with Crippen molar-refractivity contribution in [2.24, 2.45) is 0 Å². The summed E-state index contributed by atoms with van der Waals surface area (Å²) in [5.41, 5.74) is 0.192. The van der Waals surface area contributed by atoms with Gasteiger partial charge in [-0.1, -0.05) is 0 Å². The predicted octanol–water partition coefficient (Wildman–Crippen LogP) is 0.829. The number of aryl methyl sites for hydroxylation is 1. The number of carbonyl (C=O) groups is 1. The molecule has 0 radical (unpaired) electrons. The lowest BCUT2D eigenvalue weighted by molar-refractivity contribution is -0.255. The third-order valence-corrected chi connectivity index (χ3v) is 2.14. The molecule has 0 saturated heterocycles. The molecule has 0 unspecified atom stereocenters. The van der Waals surface area contributed by atoms with Crippen molar-refractivity contribution in [1.29, 1.82) is 0 Å². The standard InChI is InChI=1S/C9H10O3/c1-5-7(9(10)11)4-8(12-5)6-2-3-6/h4,6H,2-3H2,1H3,(H,10,11)/p-1. The number of carboxylic acids is 1. The van der Waals surface area contributed by atoms with Gasteiger partial charge in [0.15, 0.2) is 0 Å². The van der Waals surface area contributed by atoms with E-state index in [0.717, 1.165) is 18.6 Å². The van der Waals surface area contributed by atoms with Gasteiger partial charge >= 0.3 is 0 Å². The van der Waals surface area contributed by atoms with Crippen molar-refractivity contribution < 1.29 is 14.3 Å². The lowest BCUT2D eigenvalue weighted by Crippen LogP contribution is -2.22. The van der Waals surface area contributed by atoms with Gasteiger partial charge in [0.1, 0.15) is 11.5 Å². The first kappa shape index (κ1) is 7.40. The lowest BCUT2D eigenvalue weighted by atomic mass is 10.2. The Bertz CT molecular complexity index is 321. The SMILES string of the molecule is Cc1oc(C2CC2)cc1C(=O)[O-]. The van der Waals surface area contributed by atoms with E-state index >= 15 is 0 Å². The largest absolute Gasteiger partial charge is 0.545 e. The van der Waals surface area contributed by atoms with E-state index in [2.05, 4.69) is 0 Å². The highest BCUT2D eigenvalue weighted by Gasteiger charge is 2.27. The molecule has 12 heavy (non-hydrogen) atoms. The molecule has 0 aliphatic heterocycles. The first-order valence-corrected chi connectivity index (χ1v) is 4.00. The van der Waals surface area contributed by atoms with Gasteiger partial charge in [0.05, 0.1) is 5.97 Å². The molecule has 1 aromatic rings. The molecule has 0 N–H and O–H groups in total. The van der Waals surface area contributed by atoms with Crippen LogP contribution in [0.15, 0.2) is 10.5 Å². The fourth-order valence-electron chi connectivity index (χ4n) is 1.28. The second-order valence-electron chi connectivity index (χ2n) is 3.18. The molecule has 1 aliphatic rings. The number of aromatic carboxylic acids is 1. The van der Waals surface area contributed by atoms with Gasteiger partial charge in [0.25, 0.3) is 0 Å². The second-order valence-corrected chi connectivity index (χ2v) is 3.18. The number of furan rings is 1. The molecule has 2 rings (SSSR count). The van der Waals surface area contributed by atoms with Crippen LogP contribution in [0.4, 0.5) is 0 Å². The van der Waals surface area contributed by atoms with Crippen molar-refractivity contribution in [2.75, 3.05) is 0 Å². The molecule has 0 amide bonds. The molecule has 3 heteroatoms. The number of hydrogen-bond donors (Lipinski definition) is 0. The summed E-state index contributed by atoms with van der Waals surface area (Å²) in [4.78, 5) is 10.5. The summed E-state index contributed by atoms with van der Waals surface area (Å²) < 4.78 is 5.28. The Hall–Kier alpha value is -1.25. The van der Waals surface area contributed by atoms with E-state index in [9.17, 15) is 9.90 Å². The summed E-state index contributed by atoms with van der Waals surface area (Å²) in [6.45, 7) is 1.65. The Morgan fingerprint density at radius 3 is 2.75 bits per heavy atom. The second kappa shape index (κ2) is 2.37. The van der Waals surface area contributed by atoms with Crippen LogP contribution in [0.1, 0.15) is 40.6 Å². The van der Waals surface area contributed by atoms with Crippen LogP contribution in [0.5, 0.6) is 0 Å². The van der Waals surface area contributed by atoms with Crippen LogP contribution in [0.3, 0.4) is 0 Å². The van der Waals surface area contributed by atoms with Crippen molar-refractivity contribution in [1.82, 2.24) is 0 Å². The van der Waals surface area contributed by atoms with Crippen LogP contribution in [-0.4, -0.2) is 5.97 Å². The molecule has 1 saturated carbocycles. The van der Waals surface area contributed by atoms with Crippen LogP contribution < -0.4 is 5.11 Å². The third kappa shape index (κ3) is 1.11. The fourth-order valence-corrected chi connectivity index (χ4v) is 1.28. The van der Waals surface area contributed by atoms with Crippen molar-refractivity contribution in [3.05, 3.63) is 23.2 Å². The quantitative estimate of drug-likeness (QED) is 0.652. The van der Waals surface area contributed by atoms with Crippen LogP contribution in [-0.2, 0) is 0 Å². The smallest absolute Gasteiger partial charge is 0.110 e. The van der Waals surface area contributed by atoms with Gasteiger partial charge in [-0.3, -0.25) is 0 Å². The summed E-state index contributed by atoms with van der Waals surface area (Å²) in [5.74, 6) is 0.559. The highest BCUT2D eigenvalue weighted by Crippen LogP contribution is 2.41. The molecule has 1 heterocycles. The maximum atomic E-state index is 10.5. The predicted molar refractivity (Wildman–Crippen MR) is 39.8 cm³/mol. The summed E-state index contributed by atoms with van der Waals surface area (Å²) >= 11 is 0. The first-order valence-electron chi connectivity index (χ1n) is 4.00. The third-order valence-electron chi connectivity index (χ3n) is 2.14. The van der Waals surface area contributed by atoms with Crippen molar-refractivity contribution in [3.8, 4) is 0 Å². The molecule has 1 aliphatic carbocycles. The average molecular weight is 165 g/mol. The minimum Gasteiger partial charge on any atom is -0.545 e. The lowest BCUT2D eigenvalue weighted by Gasteiger charge is -1.95. The average Bonchev–Trinajstić information content (AvgIpc) is 2.75. The van der Waals surface area contributed by atoms with E-state index in [0.29, 0.717) is 11.7 Å². The van der Waals surface area contributed by atoms with Crippen LogP contribution in [0.2, 0.25) is 0 Å². The van der Waals surface area contributed by atoms with Crippen LogP contribution in [0, 0.1) is 6.92 Å². The molecule has 0 aromatic carbocycles. The Kier molecular flexibility index (Phi) is 1.46. The Labute approximate surface area is 70.0 Å². The normalized spacial score (nSPS) is 16.4. The monoisotopic (exact) mass is 165 g/mol. The first-order chi connectivity index (χ1) is 5.68. The van der Waals surface area contributed by atoms with Gasteiger partial charge in [-0.2, -0.15) is 0 Å². The summed E-state index contributed by atoms with van der Waals surface area (Å²) in [6, 6.07) is 1.59. The number of rotatable bonds is 2. The molecular formula is C9H9O3-. The van der Waals surface area contributed by atoms with E-state index in [-0.39, 0.29) is 5.56 Å². The van der Waals surface area contributed by atoms with Crippen LogP contribution in [0.25, 0.3) is 0 Å². The van der Waals surface area contributed by atoms with Gasteiger partial charge in [-0.05, 0) is 25.8 Å². The highest BCUT2D eigenvalue weighted by atomic mass is 16.4. The molecule has 0 bridgehead atoms. The highest BCUT2D eigenvalue weighted by molar-refractivity contribution is 5.87. The Morgan fingerprint density at radius 1 is 1.67 bits per heavy atom. The Morgan fingerprint density at radius 2 is 2.33 bits per heavy atom. The zero-order chi connectivity index (χ0) is 8.72. The van der Waals surface area contributed by atoms with E-state index in [4.69, 9.17) is 4.42 Å². The van der Waals surface area contributed by atoms with Gasteiger partial charge < -0.3 is 14.3 Å². The summed E-state index contributed by atoms with van der Waals surface area (Å²) in [6.07, 6.45) is 2.22.